The average Bonchev–Trinajstić information content (AvgIpc) is 3.21. The Morgan fingerprint density at radius 3 is 2.66 bits per heavy atom. The zero-order valence-corrected chi connectivity index (χ0v) is 19.5. The smallest absolute Gasteiger partial charge is 0.450 e. The maximum atomic E-state index is 15.0. The van der Waals surface area contributed by atoms with Crippen LogP contribution in [0.4, 0.5) is 9.18 Å². The summed E-state index contributed by atoms with van der Waals surface area (Å²) < 4.78 is 25.8. The van der Waals surface area contributed by atoms with Crippen molar-refractivity contribution in [1.29, 1.82) is 0 Å². The molecular formula is C26H22FN3O4S. The standard InChI is InChI=1S/C26H22FN3O4S/c27-20-12-16(13-30-14-18(15-30)34-25(31)32)6-7-19(20)23-28-21-8-9-22(29-24(21)35-23)26(10-11-33-26)17-4-2-1-3-5-17/h1-9,12,18H,10-11,13-15H2,(H,31,32). The van der Waals surface area contributed by atoms with Gasteiger partial charge in [-0.05, 0) is 35.4 Å². The fraction of sp³-hybridized carbons (Fsp3) is 0.269. The Balaban J connectivity index is 1.22. The first kappa shape index (κ1) is 22.1. The van der Waals surface area contributed by atoms with Crippen LogP contribution >= 0.6 is 11.3 Å². The lowest BCUT2D eigenvalue weighted by Gasteiger charge is -2.41. The van der Waals surface area contributed by atoms with E-state index in [9.17, 15) is 4.79 Å². The molecule has 6 rings (SSSR count). The highest BCUT2D eigenvalue weighted by Crippen LogP contribution is 2.43. The van der Waals surface area contributed by atoms with Crippen molar-refractivity contribution in [2.45, 2.75) is 24.7 Å². The Labute approximate surface area is 204 Å². The SMILES string of the molecule is O=C(O)OC1CN(Cc2ccc(-c3nc4ccc(C5(c6ccccc6)CCO5)nc4s3)c(F)c2)C1. The molecule has 2 aliphatic heterocycles. The van der Waals surface area contributed by atoms with E-state index in [1.807, 2.05) is 41.3 Å². The zero-order chi connectivity index (χ0) is 24.0. The van der Waals surface area contributed by atoms with Crippen LogP contribution in [0.5, 0.6) is 0 Å². The van der Waals surface area contributed by atoms with Gasteiger partial charge in [0.1, 0.15) is 32.9 Å². The summed E-state index contributed by atoms with van der Waals surface area (Å²) in [7, 11) is 0. The van der Waals surface area contributed by atoms with Crippen LogP contribution in [-0.4, -0.2) is 51.9 Å². The van der Waals surface area contributed by atoms with Crippen LogP contribution in [0, 0.1) is 5.82 Å². The lowest BCUT2D eigenvalue weighted by atomic mass is 9.83. The van der Waals surface area contributed by atoms with E-state index in [1.165, 1.54) is 17.4 Å². The van der Waals surface area contributed by atoms with Crippen molar-refractivity contribution >= 4 is 27.8 Å². The van der Waals surface area contributed by atoms with Crippen molar-refractivity contribution in [2.24, 2.45) is 0 Å². The fourth-order valence-corrected chi connectivity index (χ4v) is 5.67. The minimum absolute atomic E-state index is 0.317. The number of carbonyl (C=O) groups is 1. The van der Waals surface area contributed by atoms with E-state index >= 15 is 4.39 Å². The highest BCUT2D eigenvalue weighted by Gasteiger charge is 2.43. The quantitative estimate of drug-likeness (QED) is 0.378. The molecule has 7 nitrogen and oxygen atoms in total. The minimum atomic E-state index is -1.27. The number of nitrogens with zero attached hydrogens (tertiary/aromatic N) is 3. The molecule has 1 atom stereocenters. The van der Waals surface area contributed by atoms with E-state index in [0.29, 0.717) is 36.8 Å². The molecule has 2 aromatic heterocycles. The molecule has 4 aromatic rings. The number of hydrogen-bond donors (Lipinski definition) is 1. The van der Waals surface area contributed by atoms with Gasteiger partial charge >= 0.3 is 6.16 Å². The highest BCUT2D eigenvalue weighted by atomic mass is 32.1. The van der Waals surface area contributed by atoms with E-state index in [2.05, 4.69) is 17.1 Å². The van der Waals surface area contributed by atoms with E-state index in [1.54, 1.807) is 6.07 Å². The van der Waals surface area contributed by atoms with E-state index in [4.69, 9.17) is 19.6 Å². The van der Waals surface area contributed by atoms with Gasteiger partial charge in [-0.2, -0.15) is 0 Å². The average molecular weight is 492 g/mol. The van der Waals surface area contributed by atoms with Crippen molar-refractivity contribution in [1.82, 2.24) is 14.9 Å². The summed E-state index contributed by atoms with van der Waals surface area (Å²) in [6.45, 7) is 2.24. The van der Waals surface area contributed by atoms with Crippen molar-refractivity contribution < 1.29 is 23.8 Å². The molecule has 0 saturated carbocycles. The fourth-order valence-electron chi connectivity index (χ4n) is 4.71. The number of carboxylic acid groups (broad SMARTS) is 1. The summed E-state index contributed by atoms with van der Waals surface area (Å²) in [6, 6.07) is 19.1. The zero-order valence-electron chi connectivity index (χ0n) is 18.7. The molecule has 0 aliphatic carbocycles. The molecule has 0 bridgehead atoms. The number of hydrogen-bond acceptors (Lipinski definition) is 7. The van der Waals surface area contributed by atoms with Gasteiger partial charge in [0.05, 0.1) is 12.3 Å². The summed E-state index contributed by atoms with van der Waals surface area (Å²) in [5.74, 6) is -0.344. The van der Waals surface area contributed by atoms with Gasteiger partial charge < -0.3 is 14.6 Å². The number of halogens is 1. The van der Waals surface area contributed by atoms with Crippen LogP contribution in [-0.2, 0) is 21.6 Å². The monoisotopic (exact) mass is 491 g/mol. The van der Waals surface area contributed by atoms with Gasteiger partial charge in [-0.3, -0.25) is 4.90 Å². The summed E-state index contributed by atoms with van der Waals surface area (Å²) in [5, 5.41) is 9.25. The predicted octanol–water partition coefficient (Wildman–Crippen LogP) is 5.04. The molecule has 0 amide bonds. The Hall–Kier alpha value is -3.40. The third kappa shape index (κ3) is 4.05. The van der Waals surface area contributed by atoms with Crippen LogP contribution in [0.1, 0.15) is 23.2 Å². The van der Waals surface area contributed by atoms with Crippen molar-refractivity contribution in [3.8, 4) is 10.6 Å². The van der Waals surface area contributed by atoms with Gasteiger partial charge in [-0.1, -0.05) is 47.7 Å². The van der Waals surface area contributed by atoms with Gasteiger partial charge in [0.25, 0.3) is 0 Å². The summed E-state index contributed by atoms with van der Waals surface area (Å²) in [5.41, 5.74) is 3.35. The molecule has 1 N–H and O–H groups in total. The number of benzene rings is 2. The van der Waals surface area contributed by atoms with E-state index in [-0.39, 0.29) is 11.9 Å². The number of rotatable bonds is 6. The number of likely N-dealkylation sites (tertiary alicyclic amines) is 1. The number of pyridine rings is 1. The van der Waals surface area contributed by atoms with Crippen molar-refractivity contribution in [3.63, 3.8) is 0 Å². The largest absolute Gasteiger partial charge is 0.506 e. The molecule has 0 radical (unpaired) electrons. The normalized spacial score (nSPS) is 20.4. The van der Waals surface area contributed by atoms with Crippen LogP contribution in [0.3, 0.4) is 0 Å². The summed E-state index contributed by atoms with van der Waals surface area (Å²) in [4.78, 5) is 22.9. The number of ether oxygens (including phenoxy) is 2. The van der Waals surface area contributed by atoms with Gasteiger partial charge in [-0.25, -0.2) is 19.2 Å². The molecule has 0 spiro atoms. The molecule has 178 valence electrons. The highest BCUT2D eigenvalue weighted by molar-refractivity contribution is 7.21. The second kappa shape index (κ2) is 8.67. The van der Waals surface area contributed by atoms with Gasteiger partial charge in [0.2, 0.25) is 0 Å². The van der Waals surface area contributed by atoms with Gasteiger partial charge in [0, 0.05) is 31.6 Å². The third-order valence-corrected chi connectivity index (χ3v) is 7.57. The maximum absolute atomic E-state index is 15.0. The Morgan fingerprint density at radius 2 is 1.97 bits per heavy atom. The number of aromatic nitrogens is 2. The lowest BCUT2D eigenvalue weighted by molar-refractivity contribution is -0.126. The minimum Gasteiger partial charge on any atom is -0.450 e. The molecular weight excluding hydrogens is 469 g/mol. The molecule has 2 fully saturated rings. The topological polar surface area (TPSA) is 84.8 Å². The van der Waals surface area contributed by atoms with Crippen LogP contribution in [0.2, 0.25) is 0 Å². The summed E-state index contributed by atoms with van der Waals surface area (Å²) in [6.07, 6.45) is -0.724. The van der Waals surface area contributed by atoms with E-state index < -0.39 is 11.8 Å². The first-order chi connectivity index (χ1) is 17.0. The van der Waals surface area contributed by atoms with Crippen molar-refractivity contribution in [2.75, 3.05) is 19.7 Å². The first-order valence-electron chi connectivity index (χ1n) is 11.4. The molecule has 4 heterocycles. The van der Waals surface area contributed by atoms with Gasteiger partial charge in [0.15, 0.2) is 0 Å². The Kier molecular flexibility index (Phi) is 5.47. The molecule has 1 unspecified atom stereocenters. The molecule has 2 aromatic carbocycles. The second-order valence-electron chi connectivity index (χ2n) is 8.85. The predicted molar refractivity (Wildman–Crippen MR) is 129 cm³/mol. The van der Waals surface area contributed by atoms with Crippen LogP contribution in [0.15, 0.2) is 60.7 Å². The second-order valence-corrected chi connectivity index (χ2v) is 9.82. The maximum Gasteiger partial charge on any atom is 0.506 e. The third-order valence-electron chi connectivity index (χ3n) is 6.57. The number of thiazole rings is 1. The Bertz CT molecular complexity index is 1400. The first-order valence-corrected chi connectivity index (χ1v) is 12.2. The number of fused-ring (bicyclic) bond motifs is 1. The molecule has 35 heavy (non-hydrogen) atoms. The van der Waals surface area contributed by atoms with Gasteiger partial charge in [-0.15, -0.1) is 0 Å². The summed E-state index contributed by atoms with van der Waals surface area (Å²) >= 11 is 1.37. The van der Waals surface area contributed by atoms with E-state index in [0.717, 1.165) is 33.6 Å². The van der Waals surface area contributed by atoms with Crippen LogP contribution < -0.4 is 0 Å². The van der Waals surface area contributed by atoms with Crippen LogP contribution in [0.25, 0.3) is 20.9 Å². The molecule has 2 saturated heterocycles. The lowest BCUT2D eigenvalue weighted by Crippen LogP contribution is -2.52. The molecule has 2 aliphatic rings. The Morgan fingerprint density at radius 1 is 1.17 bits per heavy atom. The van der Waals surface area contributed by atoms with Crippen molar-refractivity contribution in [3.05, 3.63) is 83.3 Å². The molecule has 9 heteroatoms.